The van der Waals surface area contributed by atoms with Crippen molar-refractivity contribution in [2.75, 3.05) is 5.73 Å². The van der Waals surface area contributed by atoms with E-state index in [0.29, 0.717) is 5.56 Å². The highest BCUT2D eigenvalue weighted by Crippen LogP contribution is 2.31. The summed E-state index contributed by atoms with van der Waals surface area (Å²) in [6.45, 7) is 0. The Morgan fingerprint density at radius 1 is 1.25 bits per heavy atom. The van der Waals surface area contributed by atoms with Gasteiger partial charge in [-0.1, -0.05) is 6.07 Å². The molecule has 0 radical (unpaired) electrons. The molecule has 0 aliphatic heterocycles. The highest BCUT2D eigenvalue weighted by atomic mass is 16.1. The second kappa shape index (κ2) is 5.33. The number of hydrogen-bond donors (Lipinski definition) is 2. The van der Waals surface area contributed by atoms with Crippen LogP contribution in [0, 0.1) is 0 Å². The quantitative estimate of drug-likeness (QED) is 0.821. The highest BCUT2D eigenvalue weighted by molar-refractivity contribution is 5.94. The second-order valence-electron chi connectivity index (χ2n) is 5.11. The number of nitrogens with one attached hydrogen (secondary N) is 1. The summed E-state index contributed by atoms with van der Waals surface area (Å²) >= 11 is 0. The average molecular weight is 267 g/mol. The largest absolute Gasteiger partial charge is 0.399 e. The molecule has 4 heteroatoms. The standard InChI is InChI=1S/C16H17N3O/c17-13-4-5-14-12(10-13)2-1-3-15(14)19-16(20)11-6-8-18-9-7-11/h4-10,15H,1-3,17H2,(H,19,20). The minimum Gasteiger partial charge on any atom is -0.399 e. The molecule has 1 amide bonds. The van der Waals surface area contributed by atoms with Crippen LogP contribution >= 0.6 is 0 Å². The van der Waals surface area contributed by atoms with E-state index < -0.39 is 0 Å². The molecule has 1 unspecified atom stereocenters. The van der Waals surface area contributed by atoms with Crippen molar-refractivity contribution in [3.8, 4) is 0 Å². The Morgan fingerprint density at radius 2 is 2.05 bits per heavy atom. The smallest absolute Gasteiger partial charge is 0.251 e. The number of aromatic nitrogens is 1. The van der Waals surface area contributed by atoms with Gasteiger partial charge in [-0.2, -0.15) is 0 Å². The van der Waals surface area contributed by atoms with Crippen LogP contribution in [0.1, 0.15) is 40.4 Å². The third kappa shape index (κ3) is 2.50. The summed E-state index contributed by atoms with van der Waals surface area (Å²) in [6.07, 6.45) is 6.32. The van der Waals surface area contributed by atoms with Gasteiger partial charge >= 0.3 is 0 Å². The number of aryl methyl sites for hydroxylation is 1. The molecule has 1 heterocycles. The Balaban J connectivity index is 1.81. The SMILES string of the molecule is Nc1ccc2c(c1)CCCC2NC(=O)c1ccncc1. The van der Waals surface area contributed by atoms with Gasteiger partial charge in [-0.25, -0.2) is 0 Å². The number of nitrogen functional groups attached to an aromatic ring is 1. The van der Waals surface area contributed by atoms with Crippen LogP contribution in [0.3, 0.4) is 0 Å². The maximum absolute atomic E-state index is 12.2. The van der Waals surface area contributed by atoms with Crippen LogP contribution in [-0.2, 0) is 6.42 Å². The molecule has 2 aromatic rings. The van der Waals surface area contributed by atoms with Gasteiger partial charge in [-0.3, -0.25) is 9.78 Å². The van der Waals surface area contributed by atoms with Crippen molar-refractivity contribution in [3.05, 3.63) is 59.4 Å². The lowest BCUT2D eigenvalue weighted by molar-refractivity contribution is 0.0932. The Morgan fingerprint density at radius 3 is 2.85 bits per heavy atom. The van der Waals surface area contributed by atoms with E-state index in [9.17, 15) is 4.79 Å². The molecule has 1 aromatic heterocycles. The molecule has 1 aliphatic carbocycles. The zero-order chi connectivity index (χ0) is 13.9. The first-order chi connectivity index (χ1) is 9.74. The summed E-state index contributed by atoms with van der Waals surface area (Å²) < 4.78 is 0. The normalized spacial score (nSPS) is 17.3. The number of rotatable bonds is 2. The van der Waals surface area contributed by atoms with E-state index in [-0.39, 0.29) is 11.9 Å². The van der Waals surface area contributed by atoms with Crippen molar-refractivity contribution in [2.45, 2.75) is 25.3 Å². The topological polar surface area (TPSA) is 68.0 Å². The van der Waals surface area contributed by atoms with Crippen molar-refractivity contribution in [1.82, 2.24) is 10.3 Å². The van der Waals surface area contributed by atoms with Gasteiger partial charge in [0.15, 0.2) is 0 Å². The van der Waals surface area contributed by atoms with Crippen LogP contribution in [-0.4, -0.2) is 10.9 Å². The molecule has 1 aromatic carbocycles. The zero-order valence-electron chi connectivity index (χ0n) is 11.2. The summed E-state index contributed by atoms with van der Waals surface area (Å²) in [4.78, 5) is 16.2. The molecule has 4 nitrogen and oxygen atoms in total. The first-order valence-electron chi connectivity index (χ1n) is 6.83. The van der Waals surface area contributed by atoms with Crippen molar-refractivity contribution < 1.29 is 4.79 Å². The fourth-order valence-corrected chi connectivity index (χ4v) is 2.73. The number of hydrogen-bond acceptors (Lipinski definition) is 3. The van der Waals surface area contributed by atoms with E-state index in [1.807, 2.05) is 18.2 Å². The fourth-order valence-electron chi connectivity index (χ4n) is 2.73. The molecule has 20 heavy (non-hydrogen) atoms. The van der Waals surface area contributed by atoms with Gasteiger partial charge in [0.05, 0.1) is 6.04 Å². The van der Waals surface area contributed by atoms with Gasteiger partial charge in [0.1, 0.15) is 0 Å². The number of carbonyl (C=O) groups is 1. The number of carbonyl (C=O) groups excluding carboxylic acids is 1. The Labute approximate surface area is 118 Å². The predicted octanol–water partition coefficient (Wildman–Crippen LogP) is 2.47. The Hall–Kier alpha value is -2.36. The molecule has 0 saturated carbocycles. The molecule has 3 N–H and O–H groups in total. The molecule has 0 bridgehead atoms. The molecule has 102 valence electrons. The highest BCUT2D eigenvalue weighted by Gasteiger charge is 2.22. The monoisotopic (exact) mass is 267 g/mol. The molecule has 0 spiro atoms. The van der Waals surface area contributed by atoms with E-state index in [1.165, 1.54) is 11.1 Å². The Kier molecular flexibility index (Phi) is 3.37. The molecule has 3 rings (SSSR count). The van der Waals surface area contributed by atoms with E-state index in [1.54, 1.807) is 24.5 Å². The van der Waals surface area contributed by atoms with Crippen LogP contribution in [0.15, 0.2) is 42.7 Å². The number of fused-ring (bicyclic) bond motifs is 1. The van der Waals surface area contributed by atoms with Gasteiger partial charge in [0.25, 0.3) is 5.91 Å². The summed E-state index contributed by atoms with van der Waals surface area (Å²) in [7, 11) is 0. The first kappa shape index (κ1) is 12.7. The van der Waals surface area contributed by atoms with Crippen LogP contribution < -0.4 is 11.1 Å². The lowest BCUT2D eigenvalue weighted by Gasteiger charge is -2.26. The lowest BCUT2D eigenvalue weighted by Crippen LogP contribution is -2.31. The lowest BCUT2D eigenvalue weighted by atomic mass is 9.87. The number of anilines is 1. The van der Waals surface area contributed by atoms with Crippen molar-refractivity contribution in [3.63, 3.8) is 0 Å². The third-order valence-electron chi connectivity index (χ3n) is 3.73. The van der Waals surface area contributed by atoms with E-state index >= 15 is 0 Å². The molecule has 1 atom stereocenters. The number of benzene rings is 1. The minimum absolute atomic E-state index is 0.0536. The predicted molar refractivity (Wildman–Crippen MR) is 78.2 cm³/mol. The van der Waals surface area contributed by atoms with Crippen molar-refractivity contribution in [2.24, 2.45) is 0 Å². The number of nitrogens with zero attached hydrogens (tertiary/aromatic N) is 1. The minimum atomic E-state index is -0.0536. The van der Waals surface area contributed by atoms with Gasteiger partial charge in [-0.05, 0) is 54.7 Å². The first-order valence-corrected chi connectivity index (χ1v) is 6.83. The summed E-state index contributed by atoms with van der Waals surface area (Å²) in [5.41, 5.74) is 9.68. The van der Waals surface area contributed by atoms with Gasteiger partial charge in [0, 0.05) is 23.6 Å². The summed E-state index contributed by atoms with van der Waals surface area (Å²) in [5.74, 6) is -0.0536. The van der Waals surface area contributed by atoms with Gasteiger partial charge in [-0.15, -0.1) is 0 Å². The Bertz CT molecular complexity index is 625. The maximum atomic E-state index is 12.2. The van der Waals surface area contributed by atoms with Crippen LogP contribution in [0.25, 0.3) is 0 Å². The van der Waals surface area contributed by atoms with E-state index in [2.05, 4.69) is 10.3 Å². The van der Waals surface area contributed by atoms with Crippen LogP contribution in [0.2, 0.25) is 0 Å². The molecule has 1 aliphatic rings. The van der Waals surface area contributed by atoms with Gasteiger partial charge in [0.2, 0.25) is 0 Å². The van der Waals surface area contributed by atoms with Gasteiger partial charge < -0.3 is 11.1 Å². The van der Waals surface area contributed by atoms with Crippen molar-refractivity contribution >= 4 is 11.6 Å². The summed E-state index contributed by atoms with van der Waals surface area (Å²) in [5, 5.41) is 3.10. The number of pyridine rings is 1. The van der Waals surface area contributed by atoms with Crippen molar-refractivity contribution in [1.29, 1.82) is 0 Å². The number of amides is 1. The molecule has 0 fully saturated rings. The van der Waals surface area contributed by atoms with E-state index in [0.717, 1.165) is 24.9 Å². The zero-order valence-corrected chi connectivity index (χ0v) is 11.2. The second-order valence-corrected chi connectivity index (χ2v) is 5.11. The third-order valence-corrected chi connectivity index (χ3v) is 3.73. The molecular formula is C16H17N3O. The maximum Gasteiger partial charge on any atom is 0.251 e. The molecular weight excluding hydrogens is 250 g/mol. The summed E-state index contributed by atoms with van der Waals surface area (Å²) in [6, 6.07) is 9.46. The fraction of sp³-hybridized carbons (Fsp3) is 0.250. The average Bonchev–Trinajstić information content (AvgIpc) is 2.48. The van der Waals surface area contributed by atoms with Crippen LogP contribution in [0.5, 0.6) is 0 Å². The van der Waals surface area contributed by atoms with Crippen LogP contribution in [0.4, 0.5) is 5.69 Å². The molecule has 0 saturated heterocycles. The number of nitrogens with two attached hydrogens (primary N) is 1. The van der Waals surface area contributed by atoms with E-state index in [4.69, 9.17) is 5.73 Å².